The lowest BCUT2D eigenvalue weighted by atomic mass is 10.2. The predicted molar refractivity (Wildman–Crippen MR) is 69.6 cm³/mol. The van der Waals surface area contributed by atoms with Crippen molar-refractivity contribution in [2.75, 3.05) is 18.5 Å². The number of carbonyl (C=O) groups is 1. The van der Waals surface area contributed by atoms with E-state index in [0.717, 1.165) is 17.0 Å². The Labute approximate surface area is 113 Å². The van der Waals surface area contributed by atoms with E-state index in [1.807, 2.05) is 0 Å². The van der Waals surface area contributed by atoms with Crippen molar-refractivity contribution in [2.45, 2.75) is 6.18 Å². The van der Waals surface area contributed by atoms with Gasteiger partial charge in [-0.15, -0.1) is 0 Å². The second-order valence-corrected chi connectivity index (χ2v) is 4.06. The predicted octanol–water partition coefficient (Wildman–Crippen LogP) is 1.50. The highest BCUT2D eigenvalue weighted by Crippen LogP contribution is 2.31. The molecule has 0 bridgehead atoms. The zero-order valence-corrected chi connectivity index (χ0v) is 10.8. The van der Waals surface area contributed by atoms with Crippen molar-refractivity contribution in [3.05, 3.63) is 29.8 Å². The third-order valence-electron chi connectivity index (χ3n) is 2.33. The standard InChI is InChI=1S/C11H12F3N3OS/c1-16-9(18)6-17(10(15)19)8-4-2-3-7(5-8)11(12,13)14/h2-5H,6H2,1H3,(H2,15,19)(H,16,18). The Morgan fingerprint density at radius 3 is 2.58 bits per heavy atom. The summed E-state index contributed by atoms with van der Waals surface area (Å²) < 4.78 is 37.8. The van der Waals surface area contributed by atoms with Crippen molar-refractivity contribution in [1.29, 1.82) is 0 Å². The van der Waals surface area contributed by atoms with Crippen LogP contribution in [0.4, 0.5) is 18.9 Å². The SMILES string of the molecule is CNC(=O)CN(C(N)=S)c1cccc(C(F)(F)F)c1. The van der Waals surface area contributed by atoms with Gasteiger partial charge >= 0.3 is 6.18 Å². The molecule has 0 saturated heterocycles. The maximum absolute atomic E-state index is 12.6. The number of carbonyl (C=O) groups excluding carboxylic acids is 1. The monoisotopic (exact) mass is 291 g/mol. The summed E-state index contributed by atoms with van der Waals surface area (Å²) in [5.74, 6) is -0.412. The van der Waals surface area contributed by atoms with Gasteiger partial charge in [-0.2, -0.15) is 13.2 Å². The second-order valence-electron chi connectivity index (χ2n) is 3.65. The average molecular weight is 291 g/mol. The molecule has 1 aromatic carbocycles. The van der Waals surface area contributed by atoms with Gasteiger partial charge in [0.1, 0.15) is 6.54 Å². The number of alkyl halides is 3. The van der Waals surface area contributed by atoms with Gasteiger partial charge in [0.05, 0.1) is 5.56 Å². The molecule has 4 nitrogen and oxygen atoms in total. The smallest absolute Gasteiger partial charge is 0.376 e. The fraction of sp³-hybridized carbons (Fsp3) is 0.273. The van der Waals surface area contributed by atoms with E-state index in [0.29, 0.717) is 0 Å². The number of anilines is 1. The van der Waals surface area contributed by atoms with Crippen LogP contribution >= 0.6 is 12.2 Å². The van der Waals surface area contributed by atoms with E-state index in [4.69, 9.17) is 18.0 Å². The van der Waals surface area contributed by atoms with Crippen LogP contribution in [0.15, 0.2) is 24.3 Å². The van der Waals surface area contributed by atoms with Gasteiger partial charge in [-0.3, -0.25) is 4.79 Å². The molecular weight excluding hydrogens is 279 g/mol. The van der Waals surface area contributed by atoms with Crippen molar-refractivity contribution in [3.63, 3.8) is 0 Å². The number of halogens is 3. The number of thiocarbonyl (C=S) groups is 1. The largest absolute Gasteiger partial charge is 0.416 e. The lowest BCUT2D eigenvalue weighted by Crippen LogP contribution is -2.42. The van der Waals surface area contributed by atoms with Crippen molar-refractivity contribution in [2.24, 2.45) is 5.73 Å². The van der Waals surface area contributed by atoms with Crippen LogP contribution < -0.4 is 16.0 Å². The molecule has 0 spiro atoms. The Morgan fingerprint density at radius 2 is 2.11 bits per heavy atom. The Hall–Kier alpha value is -1.83. The highest BCUT2D eigenvalue weighted by Gasteiger charge is 2.31. The highest BCUT2D eigenvalue weighted by atomic mass is 32.1. The summed E-state index contributed by atoms with van der Waals surface area (Å²) in [6.45, 7) is -0.243. The average Bonchev–Trinajstić information content (AvgIpc) is 2.34. The summed E-state index contributed by atoms with van der Waals surface area (Å²) in [5.41, 5.74) is 4.71. The highest BCUT2D eigenvalue weighted by molar-refractivity contribution is 7.80. The van der Waals surface area contributed by atoms with E-state index >= 15 is 0 Å². The second kappa shape index (κ2) is 5.87. The number of amides is 1. The summed E-state index contributed by atoms with van der Waals surface area (Å²) in [6, 6.07) is 4.45. The zero-order chi connectivity index (χ0) is 14.6. The Kier molecular flexibility index (Phi) is 4.71. The first kappa shape index (κ1) is 15.2. The van der Waals surface area contributed by atoms with Gasteiger partial charge in [0, 0.05) is 12.7 Å². The summed E-state index contributed by atoms with van der Waals surface area (Å²) in [6.07, 6.45) is -4.47. The summed E-state index contributed by atoms with van der Waals surface area (Å²) in [7, 11) is 1.41. The normalized spacial score (nSPS) is 10.9. The number of nitrogens with zero attached hydrogens (tertiary/aromatic N) is 1. The summed E-state index contributed by atoms with van der Waals surface area (Å²) >= 11 is 4.74. The Morgan fingerprint density at radius 1 is 1.47 bits per heavy atom. The molecule has 0 aliphatic heterocycles. The molecule has 0 atom stereocenters. The van der Waals surface area contributed by atoms with Gasteiger partial charge in [0.15, 0.2) is 5.11 Å². The van der Waals surface area contributed by atoms with Crippen molar-refractivity contribution < 1.29 is 18.0 Å². The minimum Gasteiger partial charge on any atom is -0.376 e. The molecule has 0 fully saturated rings. The Bertz CT molecular complexity index is 490. The van der Waals surface area contributed by atoms with Gasteiger partial charge in [-0.25, -0.2) is 0 Å². The van der Waals surface area contributed by atoms with E-state index in [2.05, 4.69) is 5.32 Å². The van der Waals surface area contributed by atoms with Gasteiger partial charge in [-0.1, -0.05) is 6.07 Å². The third kappa shape index (κ3) is 4.09. The van der Waals surface area contributed by atoms with Gasteiger partial charge in [0.2, 0.25) is 5.91 Å². The van der Waals surface area contributed by atoms with E-state index in [-0.39, 0.29) is 17.3 Å². The molecule has 0 saturated carbocycles. The first-order valence-electron chi connectivity index (χ1n) is 5.20. The van der Waals surface area contributed by atoms with E-state index in [9.17, 15) is 18.0 Å². The first-order chi connectivity index (χ1) is 8.75. The van der Waals surface area contributed by atoms with Gasteiger partial charge in [0.25, 0.3) is 0 Å². The molecule has 104 valence electrons. The fourth-order valence-corrected chi connectivity index (χ4v) is 1.54. The third-order valence-corrected chi connectivity index (χ3v) is 2.55. The lowest BCUT2D eigenvalue weighted by molar-refractivity contribution is -0.137. The van der Waals surface area contributed by atoms with Crippen LogP contribution in [0.1, 0.15) is 5.56 Å². The van der Waals surface area contributed by atoms with Crippen molar-refractivity contribution >= 4 is 28.9 Å². The molecule has 0 radical (unpaired) electrons. The number of hydrogen-bond acceptors (Lipinski definition) is 2. The number of rotatable bonds is 3. The van der Waals surface area contributed by atoms with Crippen LogP contribution in [-0.4, -0.2) is 24.6 Å². The summed E-state index contributed by atoms with van der Waals surface area (Å²) in [4.78, 5) is 12.4. The molecule has 1 rings (SSSR count). The number of nitrogens with two attached hydrogens (primary N) is 1. The molecule has 0 aliphatic rings. The maximum atomic E-state index is 12.6. The minimum absolute atomic E-state index is 0.117. The molecule has 1 aromatic rings. The molecule has 0 heterocycles. The number of likely N-dealkylation sites (N-methyl/N-ethyl adjacent to an activating group) is 1. The van der Waals surface area contributed by atoms with Crippen LogP contribution in [0, 0.1) is 0 Å². The zero-order valence-electron chi connectivity index (χ0n) is 9.99. The number of benzene rings is 1. The minimum atomic E-state index is -4.47. The van der Waals surface area contributed by atoms with Crippen LogP contribution in [-0.2, 0) is 11.0 Å². The fourth-order valence-electron chi connectivity index (χ4n) is 1.37. The van der Waals surface area contributed by atoms with Crippen LogP contribution in [0.25, 0.3) is 0 Å². The lowest BCUT2D eigenvalue weighted by Gasteiger charge is -2.22. The van der Waals surface area contributed by atoms with Crippen LogP contribution in [0.3, 0.4) is 0 Å². The quantitative estimate of drug-likeness (QED) is 0.829. The topological polar surface area (TPSA) is 58.4 Å². The Balaban J connectivity index is 3.10. The van der Waals surface area contributed by atoms with Crippen LogP contribution in [0.2, 0.25) is 0 Å². The summed E-state index contributed by atoms with van der Waals surface area (Å²) in [5, 5.41) is 2.17. The van der Waals surface area contributed by atoms with Gasteiger partial charge in [-0.05, 0) is 30.4 Å². The molecule has 1 amide bonds. The molecule has 0 aromatic heterocycles. The number of nitrogens with one attached hydrogen (secondary N) is 1. The molecular formula is C11H12F3N3OS. The molecule has 19 heavy (non-hydrogen) atoms. The van der Waals surface area contributed by atoms with Crippen molar-refractivity contribution in [1.82, 2.24) is 5.32 Å². The van der Waals surface area contributed by atoms with E-state index < -0.39 is 17.6 Å². The first-order valence-corrected chi connectivity index (χ1v) is 5.61. The van der Waals surface area contributed by atoms with E-state index in [1.54, 1.807) is 0 Å². The van der Waals surface area contributed by atoms with Crippen LogP contribution in [0.5, 0.6) is 0 Å². The molecule has 3 N–H and O–H groups in total. The maximum Gasteiger partial charge on any atom is 0.416 e. The van der Waals surface area contributed by atoms with E-state index in [1.165, 1.54) is 19.2 Å². The van der Waals surface area contributed by atoms with Crippen molar-refractivity contribution in [3.8, 4) is 0 Å². The molecule has 8 heteroatoms. The molecule has 0 aliphatic carbocycles. The number of hydrogen-bond donors (Lipinski definition) is 2. The van der Waals surface area contributed by atoms with Gasteiger partial charge < -0.3 is 16.0 Å². The molecule has 0 unspecified atom stereocenters.